The van der Waals surface area contributed by atoms with Crippen LogP contribution in [0.25, 0.3) is 17.0 Å². The van der Waals surface area contributed by atoms with Crippen LogP contribution in [0.3, 0.4) is 0 Å². The molecule has 0 fully saturated rings. The quantitative estimate of drug-likeness (QED) is 0.473. The van der Waals surface area contributed by atoms with Crippen molar-refractivity contribution in [2.24, 2.45) is 0 Å². The molecule has 0 saturated heterocycles. The lowest BCUT2D eigenvalue weighted by Gasteiger charge is -1.87. The highest BCUT2D eigenvalue weighted by molar-refractivity contribution is 5.67. The van der Waals surface area contributed by atoms with E-state index in [9.17, 15) is 0 Å². The van der Waals surface area contributed by atoms with E-state index in [1.54, 1.807) is 10.7 Å². The Morgan fingerprint density at radius 2 is 2.33 bits per heavy atom. The van der Waals surface area contributed by atoms with Gasteiger partial charge in [-0.25, -0.2) is 9.50 Å². The predicted octanol–water partition coefficient (Wildman–Crippen LogP) is 0.265. The topological polar surface area (TPSA) is 69.1 Å². The Kier molecular flexibility index (Phi) is 0.840. The van der Waals surface area contributed by atoms with Gasteiger partial charge in [-0.05, 0) is 0 Å². The summed E-state index contributed by atoms with van der Waals surface area (Å²) in [5.74, 6) is 0.513. The molecule has 3 heterocycles. The largest absolute Gasteiger partial charge is 0.425 e. The summed E-state index contributed by atoms with van der Waals surface area (Å²) in [6, 6.07) is 0. The van der Waals surface area contributed by atoms with Crippen LogP contribution < -0.4 is 0 Å². The van der Waals surface area contributed by atoms with Crippen molar-refractivity contribution in [3.05, 3.63) is 18.9 Å². The van der Waals surface area contributed by atoms with Crippen LogP contribution >= 0.6 is 0 Å². The van der Waals surface area contributed by atoms with Crippen molar-refractivity contribution in [1.82, 2.24) is 24.6 Å². The van der Waals surface area contributed by atoms with Crippen molar-refractivity contribution < 1.29 is 4.42 Å². The molecule has 0 amide bonds. The maximum atomic E-state index is 4.99. The normalized spacial score (nSPS) is 11.3. The minimum absolute atomic E-state index is 0.482. The SMILES string of the molecule is c1nc2nc3ocnc3cn2n1. The number of hydrogen-bond donors (Lipinski definition) is 0. The Morgan fingerprint density at radius 3 is 3.33 bits per heavy atom. The molecule has 58 valence electrons. The van der Waals surface area contributed by atoms with Crippen molar-refractivity contribution >= 4 is 17.0 Å². The van der Waals surface area contributed by atoms with E-state index in [2.05, 4.69) is 20.1 Å². The smallest absolute Gasteiger partial charge is 0.255 e. The molecule has 0 aliphatic rings. The maximum absolute atomic E-state index is 4.99. The van der Waals surface area contributed by atoms with E-state index < -0.39 is 0 Å². The third-order valence-electron chi connectivity index (χ3n) is 1.58. The monoisotopic (exact) mass is 161 g/mol. The molecule has 0 aliphatic carbocycles. The van der Waals surface area contributed by atoms with E-state index >= 15 is 0 Å². The molecule has 3 aromatic rings. The van der Waals surface area contributed by atoms with E-state index in [0.29, 0.717) is 17.0 Å². The highest BCUT2D eigenvalue weighted by Gasteiger charge is 2.03. The highest BCUT2D eigenvalue weighted by Crippen LogP contribution is 2.08. The van der Waals surface area contributed by atoms with Gasteiger partial charge in [-0.15, -0.1) is 0 Å². The molecule has 0 radical (unpaired) electrons. The second kappa shape index (κ2) is 1.79. The Balaban J connectivity index is 2.62. The van der Waals surface area contributed by atoms with E-state index in [4.69, 9.17) is 4.42 Å². The van der Waals surface area contributed by atoms with Crippen molar-refractivity contribution in [3.8, 4) is 0 Å². The molecule has 6 heteroatoms. The third kappa shape index (κ3) is 0.584. The molecule has 0 spiro atoms. The standard InChI is InChI=1S/C6H3N5O/c1-4-5(12-3-8-4)10-6-7-2-9-11(1)6/h1-3H. The van der Waals surface area contributed by atoms with Gasteiger partial charge in [-0.1, -0.05) is 0 Å². The van der Waals surface area contributed by atoms with Crippen molar-refractivity contribution in [2.75, 3.05) is 0 Å². The molecular formula is C6H3N5O. The van der Waals surface area contributed by atoms with E-state index in [0.717, 1.165) is 0 Å². The molecule has 6 nitrogen and oxygen atoms in total. The van der Waals surface area contributed by atoms with Gasteiger partial charge in [0.05, 0.1) is 6.20 Å². The molecule has 0 atom stereocenters. The summed E-state index contributed by atoms with van der Waals surface area (Å²) in [4.78, 5) is 11.9. The number of fused-ring (bicyclic) bond motifs is 2. The van der Waals surface area contributed by atoms with E-state index in [1.165, 1.54) is 12.7 Å². The molecule has 0 unspecified atom stereocenters. The van der Waals surface area contributed by atoms with Gasteiger partial charge in [0.1, 0.15) is 11.8 Å². The Bertz CT molecular complexity index is 448. The first-order valence-corrected chi connectivity index (χ1v) is 3.33. The summed E-state index contributed by atoms with van der Waals surface area (Å²) >= 11 is 0. The number of aromatic nitrogens is 5. The van der Waals surface area contributed by atoms with Crippen molar-refractivity contribution in [3.63, 3.8) is 0 Å². The van der Waals surface area contributed by atoms with E-state index in [1.807, 2.05) is 0 Å². The van der Waals surface area contributed by atoms with Crippen LogP contribution in [0, 0.1) is 0 Å². The molecule has 0 aliphatic heterocycles. The summed E-state index contributed by atoms with van der Waals surface area (Å²) < 4.78 is 6.54. The van der Waals surface area contributed by atoms with Crippen LogP contribution in [0.15, 0.2) is 23.3 Å². The molecular weight excluding hydrogens is 158 g/mol. The van der Waals surface area contributed by atoms with Crippen LogP contribution in [0.2, 0.25) is 0 Å². The van der Waals surface area contributed by atoms with Crippen LogP contribution in [0.4, 0.5) is 0 Å². The molecule has 0 saturated carbocycles. The van der Waals surface area contributed by atoms with E-state index in [-0.39, 0.29) is 0 Å². The highest BCUT2D eigenvalue weighted by atomic mass is 16.3. The Hall–Kier alpha value is -1.98. The summed E-state index contributed by atoms with van der Waals surface area (Å²) in [6.45, 7) is 0. The fraction of sp³-hybridized carbons (Fsp3) is 0. The van der Waals surface area contributed by atoms with Crippen LogP contribution in [0.1, 0.15) is 0 Å². The lowest BCUT2D eigenvalue weighted by atomic mass is 10.6. The second-order valence-corrected chi connectivity index (χ2v) is 2.29. The first-order chi connectivity index (χ1) is 5.93. The maximum Gasteiger partial charge on any atom is 0.255 e. The average molecular weight is 161 g/mol. The molecule has 3 aromatic heterocycles. The zero-order valence-electron chi connectivity index (χ0n) is 5.88. The Morgan fingerprint density at radius 1 is 1.33 bits per heavy atom. The van der Waals surface area contributed by atoms with Gasteiger partial charge in [-0.3, -0.25) is 0 Å². The molecule has 3 rings (SSSR count). The molecule has 12 heavy (non-hydrogen) atoms. The van der Waals surface area contributed by atoms with Crippen LogP contribution in [-0.4, -0.2) is 24.6 Å². The first-order valence-electron chi connectivity index (χ1n) is 3.33. The minimum Gasteiger partial charge on any atom is -0.425 e. The van der Waals surface area contributed by atoms with Gasteiger partial charge in [-0.2, -0.15) is 15.1 Å². The fourth-order valence-corrected chi connectivity index (χ4v) is 1.04. The number of nitrogens with zero attached hydrogens (tertiary/aromatic N) is 5. The fourth-order valence-electron chi connectivity index (χ4n) is 1.04. The number of hydrogen-bond acceptors (Lipinski definition) is 5. The summed E-state index contributed by atoms with van der Waals surface area (Å²) in [5, 5.41) is 3.91. The van der Waals surface area contributed by atoms with Gasteiger partial charge in [0.2, 0.25) is 0 Å². The lowest BCUT2D eigenvalue weighted by molar-refractivity contribution is 0.591. The average Bonchev–Trinajstić information content (AvgIpc) is 2.64. The molecule has 0 N–H and O–H groups in total. The first kappa shape index (κ1) is 5.64. The predicted molar refractivity (Wildman–Crippen MR) is 38.3 cm³/mol. The summed E-state index contributed by atoms with van der Waals surface area (Å²) in [5.41, 5.74) is 1.16. The zero-order chi connectivity index (χ0) is 7.97. The van der Waals surface area contributed by atoms with Gasteiger partial charge >= 0.3 is 0 Å². The number of rotatable bonds is 0. The third-order valence-corrected chi connectivity index (χ3v) is 1.58. The van der Waals surface area contributed by atoms with Gasteiger partial charge in [0.15, 0.2) is 6.39 Å². The van der Waals surface area contributed by atoms with Gasteiger partial charge in [0.25, 0.3) is 11.5 Å². The molecule has 0 aromatic carbocycles. The van der Waals surface area contributed by atoms with Crippen molar-refractivity contribution in [2.45, 2.75) is 0 Å². The zero-order valence-corrected chi connectivity index (χ0v) is 5.88. The number of oxazole rings is 1. The minimum atomic E-state index is 0.482. The van der Waals surface area contributed by atoms with Gasteiger partial charge < -0.3 is 4.42 Å². The Labute approximate surface area is 65.9 Å². The van der Waals surface area contributed by atoms with Crippen LogP contribution in [-0.2, 0) is 0 Å². The summed E-state index contributed by atoms with van der Waals surface area (Å²) in [6.07, 6.45) is 4.49. The van der Waals surface area contributed by atoms with Crippen molar-refractivity contribution in [1.29, 1.82) is 0 Å². The second-order valence-electron chi connectivity index (χ2n) is 2.29. The lowest BCUT2D eigenvalue weighted by Crippen LogP contribution is -1.89. The summed E-state index contributed by atoms with van der Waals surface area (Å²) in [7, 11) is 0. The molecule has 0 bridgehead atoms. The van der Waals surface area contributed by atoms with Gasteiger partial charge in [0, 0.05) is 0 Å². The van der Waals surface area contributed by atoms with Crippen LogP contribution in [0.5, 0.6) is 0 Å².